The molecular formula is C35H43BrClN3O6. The molecule has 0 aliphatic carbocycles. The number of aliphatic hydroxyl groups is 1. The largest absolute Gasteiger partial charge is 0.496 e. The normalized spacial score (nSPS) is 12.4. The number of aromatic nitrogens is 3. The second-order valence-corrected chi connectivity index (χ2v) is 13.2. The van der Waals surface area contributed by atoms with Crippen molar-refractivity contribution in [2.75, 3.05) is 28.4 Å². The van der Waals surface area contributed by atoms with Crippen LogP contribution in [-0.2, 0) is 13.0 Å². The predicted molar refractivity (Wildman–Crippen MR) is 184 cm³/mol. The lowest BCUT2D eigenvalue weighted by atomic mass is 9.73. The third-order valence-corrected chi connectivity index (χ3v) is 9.20. The SMILES string of the molecule is CC(C)(C)C(O)(CCc1ccc(Cl)cc1)Cn1cncn1.COc1cc(C)c(C(=O)c2c(OC)ccc(Br)c2C)c(OC)c1OC. The first-order valence-corrected chi connectivity index (χ1v) is 15.8. The number of hydrogen-bond acceptors (Lipinski definition) is 8. The summed E-state index contributed by atoms with van der Waals surface area (Å²) in [6.45, 7) is 10.3. The molecule has 0 fully saturated rings. The number of hydrogen-bond donors (Lipinski definition) is 1. The van der Waals surface area contributed by atoms with Crippen LogP contribution in [0.5, 0.6) is 23.0 Å². The van der Waals surface area contributed by atoms with Gasteiger partial charge in [-0.3, -0.25) is 9.48 Å². The number of rotatable bonds is 11. The quantitative estimate of drug-likeness (QED) is 0.158. The molecule has 0 aliphatic heterocycles. The van der Waals surface area contributed by atoms with Crippen LogP contribution in [-0.4, -0.2) is 59.7 Å². The number of carbonyl (C=O) groups is 1. The van der Waals surface area contributed by atoms with Crippen molar-refractivity contribution in [2.24, 2.45) is 5.41 Å². The van der Waals surface area contributed by atoms with Crippen molar-refractivity contribution in [3.05, 3.63) is 92.4 Å². The van der Waals surface area contributed by atoms with E-state index >= 15 is 0 Å². The van der Waals surface area contributed by atoms with Crippen LogP contribution in [0.2, 0.25) is 5.02 Å². The average Bonchev–Trinajstić information content (AvgIpc) is 3.53. The molecule has 4 aromatic rings. The molecule has 0 saturated carbocycles. The van der Waals surface area contributed by atoms with Gasteiger partial charge in [-0.15, -0.1) is 0 Å². The molecule has 0 amide bonds. The number of methoxy groups -OCH3 is 4. The van der Waals surface area contributed by atoms with E-state index in [9.17, 15) is 9.90 Å². The Morgan fingerprint density at radius 2 is 1.54 bits per heavy atom. The molecule has 11 heteroatoms. The Labute approximate surface area is 284 Å². The lowest BCUT2D eigenvalue weighted by Crippen LogP contribution is -2.47. The number of benzene rings is 3. The molecule has 0 radical (unpaired) electrons. The molecule has 0 saturated heterocycles. The second-order valence-electron chi connectivity index (χ2n) is 11.9. The average molecular weight is 717 g/mol. The fourth-order valence-electron chi connectivity index (χ4n) is 5.08. The van der Waals surface area contributed by atoms with Crippen molar-refractivity contribution in [3.8, 4) is 23.0 Å². The van der Waals surface area contributed by atoms with Gasteiger partial charge in [0.25, 0.3) is 0 Å². The zero-order valence-electron chi connectivity index (χ0n) is 27.9. The zero-order chi connectivity index (χ0) is 34.2. The Morgan fingerprint density at radius 3 is 2.07 bits per heavy atom. The van der Waals surface area contributed by atoms with E-state index in [2.05, 4.69) is 26.0 Å². The summed E-state index contributed by atoms with van der Waals surface area (Å²) >= 11 is 9.37. The van der Waals surface area contributed by atoms with Gasteiger partial charge in [-0.25, -0.2) is 4.98 Å². The third kappa shape index (κ3) is 8.40. The summed E-state index contributed by atoms with van der Waals surface area (Å²) < 4.78 is 24.2. The number of halogens is 2. The monoisotopic (exact) mass is 715 g/mol. The highest BCUT2D eigenvalue weighted by Gasteiger charge is 2.40. The summed E-state index contributed by atoms with van der Waals surface area (Å²) in [6.07, 6.45) is 4.57. The van der Waals surface area contributed by atoms with Gasteiger partial charge in [0, 0.05) is 9.50 Å². The number of ketones is 1. The van der Waals surface area contributed by atoms with Crippen molar-refractivity contribution in [2.45, 2.75) is 59.6 Å². The van der Waals surface area contributed by atoms with E-state index in [-0.39, 0.29) is 11.2 Å². The Morgan fingerprint density at radius 1 is 0.913 bits per heavy atom. The van der Waals surface area contributed by atoms with Crippen LogP contribution >= 0.6 is 27.5 Å². The standard InChI is InChI=1S/C19H21BrO5.C16H22ClN3O/c1-10-9-14(23-4)18(24-5)19(25-6)15(10)17(21)16-11(2)12(20)7-8-13(16)22-3;1-15(2,3)16(21,10-20-12-18-11-19-20)9-8-13-4-6-14(17)7-5-13/h7-9H,1-6H3;4-7,11-12,21H,8-10H2,1-3H3. The Kier molecular flexibility index (Phi) is 12.7. The maximum absolute atomic E-state index is 13.4. The van der Waals surface area contributed by atoms with Crippen LogP contribution in [0, 0.1) is 19.3 Å². The Balaban J connectivity index is 0.000000254. The first kappa shape index (κ1) is 36.9. The summed E-state index contributed by atoms with van der Waals surface area (Å²) in [4.78, 5) is 17.3. The van der Waals surface area contributed by atoms with Crippen LogP contribution < -0.4 is 18.9 Å². The molecule has 4 rings (SSSR count). The van der Waals surface area contributed by atoms with Crippen LogP contribution in [0.15, 0.2) is 59.6 Å². The maximum Gasteiger partial charge on any atom is 0.204 e. The molecule has 0 spiro atoms. The van der Waals surface area contributed by atoms with E-state index in [1.165, 1.54) is 33.2 Å². The molecule has 1 atom stereocenters. The first-order chi connectivity index (χ1) is 21.7. The molecule has 0 bridgehead atoms. The zero-order valence-corrected chi connectivity index (χ0v) is 30.2. The van der Waals surface area contributed by atoms with Crippen molar-refractivity contribution >= 4 is 33.3 Å². The Hall–Kier alpha value is -3.60. The minimum absolute atomic E-state index is 0.203. The maximum atomic E-state index is 13.4. The summed E-state index contributed by atoms with van der Waals surface area (Å²) in [5, 5.41) is 16.0. The molecule has 1 N–H and O–H groups in total. The fraction of sp³-hybridized carbons (Fsp3) is 0.400. The Bertz CT molecular complexity index is 1620. The summed E-state index contributed by atoms with van der Waals surface area (Å²) in [6, 6.07) is 13.1. The summed E-state index contributed by atoms with van der Waals surface area (Å²) in [7, 11) is 6.09. The third-order valence-electron chi connectivity index (χ3n) is 8.09. The highest BCUT2D eigenvalue weighted by Crippen LogP contribution is 2.44. The van der Waals surface area contributed by atoms with Crippen LogP contribution in [0.4, 0.5) is 0 Å². The van der Waals surface area contributed by atoms with Gasteiger partial charge in [-0.05, 0) is 79.1 Å². The first-order valence-electron chi connectivity index (χ1n) is 14.7. The minimum Gasteiger partial charge on any atom is -0.496 e. The van der Waals surface area contributed by atoms with E-state index in [1.54, 1.807) is 30.3 Å². The highest BCUT2D eigenvalue weighted by molar-refractivity contribution is 9.10. The number of ether oxygens (including phenoxy) is 4. The van der Waals surface area contributed by atoms with E-state index in [1.807, 2.05) is 65.0 Å². The highest BCUT2D eigenvalue weighted by atomic mass is 79.9. The van der Waals surface area contributed by atoms with Crippen LogP contribution in [0.3, 0.4) is 0 Å². The molecular weight excluding hydrogens is 674 g/mol. The molecule has 9 nitrogen and oxygen atoms in total. The summed E-state index contributed by atoms with van der Waals surface area (Å²) in [5.41, 5.74) is 2.46. The van der Waals surface area contributed by atoms with Crippen molar-refractivity contribution in [1.29, 1.82) is 0 Å². The number of carbonyl (C=O) groups excluding carboxylic acids is 1. The number of aryl methyl sites for hydroxylation is 2. The van der Waals surface area contributed by atoms with Crippen LogP contribution in [0.1, 0.15) is 59.8 Å². The molecule has 3 aromatic carbocycles. The van der Waals surface area contributed by atoms with Crippen molar-refractivity contribution in [1.82, 2.24) is 14.8 Å². The van der Waals surface area contributed by atoms with Gasteiger partial charge in [-0.1, -0.05) is 60.4 Å². The van der Waals surface area contributed by atoms with Gasteiger partial charge in [0.2, 0.25) is 11.5 Å². The number of nitrogens with zero attached hydrogens (tertiary/aromatic N) is 3. The van der Waals surface area contributed by atoms with Gasteiger partial charge in [0.1, 0.15) is 18.4 Å². The van der Waals surface area contributed by atoms with Crippen molar-refractivity contribution < 1.29 is 28.8 Å². The molecule has 1 heterocycles. The van der Waals surface area contributed by atoms with Gasteiger partial charge in [0.15, 0.2) is 11.5 Å². The smallest absolute Gasteiger partial charge is 0.204 e. The lowest BCUT2D eigenvalue weighted by Gasteiger charge is -2.40. The molecule has 1 unspecified atom stereocenters. The molecule has 1 aromatic heterocycles. The topological polar surface area (TPSA) is 105 Å². The predicted octanol–water partition coefficient (Wildman–Crippen LogP) is 7.67. The van der Waals surface area contributed by atoms with E-state index < -0.39 is 5.60 Å². The van der Waals surface area contributed by atoms with Crippen LogP contribution in [0.25, 0.3) is 0 Å². The molecule has 0 aliphatic rings. The van der Waals surface area contributed by atoms with Crippen molar-refractivity contribution in [3.63, 3.8) is 0 Å². The van der Waals surface area contributed by atoms with Gasteiger partial charge in [0.05, 0.1) is 51.7 Å². The van der Waals surface area contributed by atoms with E-state index in [0.29, 0.717) is 47.1 Å². The molecule has 46 heavy (non-hydrogen) atoms. The van der Waals surface area contributed by atoms with E-state index in [0.717, 1.165) is 27.0 Å². The van der Waals surface area contributed by atoms with Gasteiger partial charge >= 0.3 is 0 Å². The van der Waals surface area contributed by atoms with Gasteiger partial charge in [-0.2, -0.15) is 5.10 Å². The minimum atomic E-state index is -0.861. The molecule has 248 valence electrons. The fourth-order valence-corrected chi connectivity index (χ4v) is 5.53. The van der Waals surface area contributed by atoms with E-state index in [4.69, 9.17) is 30.5 Å². The second kappa shape index (κ2) is 15.8. The summed E-state index contributed by atoms with van der Waals surface area (Å²) in [5.74, 6) is 1.52. The van der Waals surface area contributed by atoms with Gasteiger partial charge < -0.3 is 24.1 Å². The lowest BCUT2D eigenvalue weighted by molar-refractivity contribution is -0.0796.